The molecule has 0 aliphatic rings. The molecule has 0 amide bonds. The molecule has 0 spiro atoms. The van der Waals surface area contributed by atoms with Crippen molar-refractivity contribution in [1.82, 2.24) is 0 Å². The Morgan fingerprint density at radius 2 is 0.750 bits per heavy atom. The molecule has 2 nitrogen and oxygen atoms in total. The monoisotopic (exact) mass is 266 g/mol. The molecule has 0 atom stereocenters. The molecule has 0 heterocycles. The largest absolute Gasteiger partial charge is 0 e. The maximum atomic E-state index is 0. The number of hydrogen-bond donors (Lipinski definition) is 0. The van der Waals surface area contributed by atoms with E-state index in [2.05, 4.69) is 0 Å². The zero-order chi connectivity index (χ0) is 0. The van der Waals surface area contributed by atoms with Gasteiger partial charge in [-0.05, 0) is 0 Å². The summed E-state index contributed by atoms with van der Waals surface area (Å²) in [5.41, 5.74) is 0. The van der Waals surface area contributed by atoms with E-state index in [9.17, 15) is 0 Å². The zero-order valence-electron chi connectivity index (χ0n) is 1.50. The minimum Gasteiger partial charge on any atom is 0 e. The van der Waals surface area contributed by atoms with Crippen LogP contribution in [0, 0.1) is 0 Å². The molecule has 0 aromatic carbocycles. The average molecular weight is 267 g/mol. The summed E-state index contributed by atoms with van der Waals surface area (Å²) in [7, 11) is 0. The van der Waals surface area contributed by atoms with Crippen LogP contribution in [0.15, 0.2) is 0 Å². The first-order valence-electron chi connectivity index (χ1n) is 0. The quantitative estimate of drug-likeness (QED) is 0.433. The van der Waals surface area contributed by atoms with E-state index < -0.39 is 0 Å². The third-order valence-electron chi connectivity index (χ3n) is 0. The first-order valence-corrected chi connectivity index (χ1v) is 0. The fourth-order valence-corrected chi connectivity index (χ4v) is 0. The topological polar surface area (TPSA) is 63.0 Å². The van der Waals surface area contributed by atoms with Crippen LogP contribution in [0.3, 0.4) is 0 Å². The molecule has 4 heteroatoms. The zero-order valence-corrected chi connectivity index (χ0v) is 3.96. The van der Waals surface area contributed by atoms with Crippen LogP contribution in [-0.2, 0) is 26.2 Å². The number of hydrogen-bond acceptors (Lipinski definition) is 0. The predicted molar refractivity (Wildman–Crippen MR) is 15.8 cm³/mol. The third kappa shape index (κ3) is 8.83. The third-order valence-corrected chi connectivity index (χ3v) is 0. The van der Waals surface area contributed by atoms with Crippen LogP contribution in [0.5, 0.6) is 0 Å². The molecule has 0 radical (unpaired) electrons. The van der Waals surface area contributed by atoms with Gasteiger partial charge in [-0.1, -0.05) is 0 Å². The molecular weight excluding hydrogens is 261 g/mol. The SMILES string of the molecule is O.O.[BaH2].[Zr]. The molecular formula is H6BaO2Zr. The van der Waals surface area contributed by atoms with Crippen molar-refractivity contribution in [3.63, 3.8) is 0 Å². The van der Waals surface area contributed by atoms with E-state index in [1.54, 1.807) is 0 Å². The summed E-state index contributed by atoms with van der Waals surface area (Å²) in [6, 6.07) is 0. The molecule has 0 saturated carbocycles. The molecule has 0 aromatic rings. The van der Waals surface area contributed by atoms with Crippen molar-refractivity contribution in [3.8, 4) is 0 Å². The van der Waals surface area contributed by atoms with Gasteiger partial charge < -0.3 is 11.0 Å². The first-order chi connectivity index (χ1) is 0. The van der Waals surface area contributed by atoms with E-state index in [-0.39, 0.29) is 86.0 Å². The summed E-state index contributed by atoms with van der Waals surface area (Å²) in [6.07, 6.45) is 0. The van der Waals surface area contributed by atoms with Crippen molar-refractivity contribution in [3.05, 3.63) is 0 Å². The summed E-state index contributed by atoms with van der Waals surface area (Å²) in [5, 5.41) is 0. The Kier molecular flexibility index (Phi) is 149. The van der Waals surface area contributed by atoms with Gasteiger partial charge in [-0.15, -0.1) is 0 Å². The summed E-state index contributed by atoms with van der Waals surface area (Å²) < 4.78 is 0. The minimum atomic E-state index is 0. The molecule has 0 unspecified atom stereocenters. The minimum absolute atomic E-state index is 0. The van der Waals surface area contributed by atoms with Crippen LogP contribution >= 0.6 is 0 Å². The van der Waals surface area contributed by atoms with Gasteiger partial charge in [0.1, 0.15) is 0 Å². The summed E-state index contributed by atoms with van der Waals surface area (Å²) in [6.45, 7) is 0. The molecule has 0 bridgehead atoms. The van der Waals surface area contributed by atoms with E-state index in [4.69, 9.17) is 0 Å². The second-order valence-corrected chi connectivity index (χ2v) is 0. The van der Waals surface area contributed by atoms with Gasteiger partial charge in [0, 0.05) is 26.2 Å². The smallest absolute Gasteiger partial charge is 0 e. The maximum absolute atomic E-state index is 0. The van der Waals surface area contributed by atoms with E-state index in [0.29, 0.717) is 0 Å². The molecule has 0 saturated heterocycles. The van der Waals surface area contributed by atoms with Gasteiger partial charge in [0.05, 0.1) is 0 Å². The van der Waals surface area contributed by atoms with E-state index in [1.165, 1.54) is 0 Å². The summed E-state index contributed by atoms with van der Waals surface area (Å²) in [4.78, 5) is 0. The van der Waals surface area contributed by atoms with Gasteiger partial charge in [0.15, 0.2) is 0 Å². The van der Waals surface area contributed by atoms with Crippen LogP contribution in [0.25, 0.3) is 0 Å². The fraction of sp³-hybridized carbons (Fsp3) is 0. The molecule has 0 aromatic heterocycles. The van der Waals surface area contributed by atoms with Crippen molar-refractivity contribution >= 4 is 48.9 Å². The first kappa shape index (κ1) is 32.7. The van der Waals surface area contributed by atoms with E-state index in [0.717, 1.165) is 0 Å². The normalized spacial score (nSPS) is 0. The van der Waals surface area contributed by atoms with Gasteiger partial charge in [0.25, 0.3) is 0 Å². The number of rotatable bonds is 0. The standard InChI is InChI=1S/Ba.2H2O.Zr.2H/h;2*1H2;;;. The van der Waals surface area contributed by atoms with Gasteiger partial charge in [-0.2, -0.15) is 0 Å². The maximum Gasteiger partial charge on any atom is 0 e. The molecule has 0 aliphatic carbocycles. The van der Waals surface area contributed by atoms with Crippen molar-refractivity contribution in [2.75, 3.05) is 0 Å². The Morgan fingerprint density at radius 1 is 0.750 bits per heavy atom. The second kappa shape index (κ2) is 18.2. The van der Waals surface area contributed by atoms with Gasteiger partial charge in [-0.3, -0.25) is 0 Å². The van der Waals surface area contributed by atoms with Gasteiger partial charge in [0.2, 0.25) is 0 Å². The molecule has 0 fully saturated rings. The van der Waals surface area contributed by atoms with Crippen LogP contribution in [0.2, 0.25) is 0 Å². The molecule has 4 N–H and O–H groups in total. The molecule has 24 valence electrons. The molecule has 0 aliphatic heterocycles. The van der Waals surface area contributed by atoms with Crippen LogP contribution in [-0.4, -0.2) is 59.8 Å². The van der Waals surface area contributed by atoms with E-state index in [1.807, 2.05) is 0 Å². The average Bonchev–Trinajstić information content (AvgIpc) is 0. The van der Waals surface area contributed by atoms with Crippen LogP contribution < -0.4 is 0 Å². The Balaban J connectivity index is 0. The van der Waals surface area contributed by atoms with Gasteiger partial charge >= 0.3 is 48.9 Å². The van der Waals surface area contributed by atoms with Crippen molar-refractivity contribution in [2.24, 2.45) is 0 Å². The van der Waals surface area contributed by atoms with Crippen LogP contribution in [0.1, 0.15) is 0 Å². The van der Waals surface area contributed by atoms with Crippen molar-refractivity contribution in [1.29, 1.82) is 0 Å². The van der Waals surface area contributed by atoms with E-state index >= 15 is 0 Å². The second-order valence-electron chi connectivity index (χ2n) is 0. The Bertz CT molecular complexity index is 6.00. The molecule has 0 rings (SSSR count). The Labute approximate surface area is 84.2 Å². The predicted octanol–water partition coefficient (Wildman–Crippen LogP) is -2.57. The van der Waals surface area contributed by atoms with Crippen molar-refractivity contribution in [2.45, 2.75) is 0 Å². The Hall–Kier alpha value is 2.37. The molecule has 4 heavy (non-hydrogen) atoms. The Morgan fingerprint density at radius 3 is 0.750 bits per heavy atom. The van der Waals surface area contributed by atoms with Crippen molar-refractivity contribution < 1.29 is 37.2 Å². The summed E-state index contributed by atoms with van der Waals surface area (Å²) >= 11 is 0. The van der Waals surface area contributed by atoms with Crippen LogP contribution in [0.4, 0.5) is 0 Å². The fourth-order valence-electron chi connectivity index (χ4n) is 0. The summed E-state index contributed by atoms with van der Waals surface area (Å²) in [5.74, 6) is 0. The van der Waals surface area contributed by atoms with Gasteiger partial charge in [-0.25, -0.2) is 0 Å².